The van der Waals surface area contributed by atoms with E-state index in [0.29, 0.717) is 31.6 Å². The maximum Gasteiger partial charge on any atom is 0.222 e. The maximum absolute atomic E-state index is 10.7. The summed E-state index contributed by atoms with van der Waals surface area (Å²) in [6, 6.07) is 12.4. The highest BCUT2D eigenvalue weighted by Gasteiger charge is 2.52. The number of rotatable bonds is 4. The molecule has 3 heterocycles. The molecule has 2 fully saturated rings. The van der Waals surface area contributed by atoms with E-state index < -0.39 is 11.7 Å². The Hall–Kier alpha value is -2.02. The second kappa shape index (κ2) is 6.71. The van der Waals surface area contributed by atoms with Gasteiger partial charge >= 0.3 is 0 Å². The minimum atomic E-state index is -0.466. The van der Waals surface area contributed by atoms with Gasteiger partial charge in [-0.25, -0.2) is 9.97 Å². The molecule has 2 N–H and O–H groups in total. The average molecular weight is 340 g/mol. The number of hydrogen-bond donors (Lipinski definition) is 2. The van der Waals surface area contributed by atoms with Crippen LogP contribution >= 0.6 is 0 Å². The van der Waals surface area contributed by atoms with Crippen LogP contribution in [0.2, 0.25) is 0 Å². The molecule has 0 bridgehead atoms. The van der Waals surface area contributed by atoms with Gasteiger partial charge in [0.2, 0.25) is 5.95 Å². The van der Waals surface area contributed by atoms with Gasteiger partial charge in [0, 0.05) is 38.8 Å². The molecule has 2 aliphatic rings. The van der Waals surface area contributed by atoms with Gasteiger partial charge in [-0.1, -0.05) is 30.3 Å². The monoisotopic (exact) mass is 340 g/mol. The SMILES string of the molecule is CNc1nccc(CN2C[C@@H](O)[C@@]3(C[C@@H](c4ccccc4)CO3)C2)n1. The van der Waals surface area contributed by atoms with E-state index in [0.717, 1.165) is 18.7 Å². The molecule has 1 spiro atoms. The van der Waals surface area contributed by atoms with Crippen LogP contribution in [-0.2, 0) is 11.3 Å². The number of likely N-dealkylation sites (tertiary alicyclic amines) is 1. The van der Waals surface area contributed by atoms with Gasteiger partial charge in [-0.2, -0.15) is 0 Å². The van der Waals surface area contributed by atoms with Crippen LogP contribution in [0.5, 0.6) is 0 Å². The van der Waals surface area contributed by atoms with E-state index in [9.17, 15) is 5.11 Å². The largest absolute Gasteiger partial charge is 0.389 e. The van der Waals surface area contributed by atoms with E-state index in [4.69, 9.17) is 4.74 Å². The second-order valence-electron chi connectivity index (χ2n) is 6.99. The molecule has 1 aromatic heterocycles. The van der Waals surface area contributed by atoms with Gasteiger partial charge < -0.3 is 15.2 Å². The quantitative estimate of drug-likeness (QED) is 0.882. The topological polar surface area (TPSA) is 70.5 Å². The van der Waals surface area contributed by atoms with E-state index in [1.807, 2.05) is 19.2 Å². The Morgan fingerprint density at radius 3 is 2.96 bits per heavy atom. The van der Waals surface area contributed by atoms with Gasteiger partial charge in [-0.05, 0) is 18.1 Å². The van der Waals surface area contributed by atoms with Gasteiger partial charge in [-0.3, -0.25) is 4.90 Å². The highest BCUT2D eigenvalue weighted by atomic mass is 16.5. The standard InChI is InChI=1S/C19H24N4O2/c1-20-18-21-8-7-16(22-18)10-23-11-17(24)19(13-23)9-15(12-25-19)14-5-3-2-4-6-14/h2-8,15,17,24H,9-13H2,1H3,(H,20,21,22)/t15-,17-,19-/m1/s1. The zero-order valence-corrected chi connectivity index (χ0v) is 14.4. The first-order valence-electron chi connectivity index (χ1n) is 8.77. The molecule has 0 aliphatic carbocycles. The first kappa shape index (κ1) is 16.4. The van der Waals surface area contributed by atoms with Crippen molar-refractivity contribution >= 4 is 5.95 Å². The summed E-state index contributed by atoms with van der Waals surface area (Å²) < 4.78 is 6.16. The van der Waals surface area contributed by atoms with E-state index in [1.54, 1.807) is 6.20 Å². The summed E-state index contributed by atoms with van der Waals surface area (Å²) >= 11 is 0. The van der Waals surface area contributed by atoms with Crippen molar-refractivity contribution in [2.75, 3.05) is 32.1 Å². The predicted molar refractivity (Wildman–Crippen MR) is 95.3 cm³/mol. The van der Waals surface area contributed by atoms with Crippen molar-refractivity contribution in [3.63, 3.8) is 0 Å². The Balaban J connectivity index is 1.44. The lowest BCUT2D eigenvalue weighted by atomic mass is 9.87. The maximum atomic E-state index is 10.7. The third-order valence-corrected chi connectivity index (χ3v) is 5.29. The summed E-state index contributed by atoms with van der Waals surface area (Å²) in [7, 11) is 1.81. The van der Waals surface area contributed by atoms with Crippen molar-refractivity contribution in [2.24, 2.45) is 0 Å². The molecule has 6 nitrogen and oxygen atoms in total. The molecule has 2 aromatic rings. The zero-order valence-electron chi connectivity index (χ0n) is 14.4. The molecule has 2 saturated heterocycles. The number of aromatic nitrogens is 2. The molecule has 4 rings (SSSR count). The molecule has 0 amide bonds. The Bertz CT molecular complexity index is 726. The van der Waals surface area contributed by atoms with Crippen LogP contribution in [0.15, 0.2) is 42.6 Å². The number of aliphatic hydroxyl groups excluding tert-OH is 1. The van der Waals surface area contributed by atoms with E-state index >= 15 is 0 Å². The highest BCUT2D eigenvalue weighted by Crippen LogP contribution is 2.42. The minimum Gasteiger partial charge on any atom is -0.389 e. The number of benzene rings is 1. The van der Waals surface area contributed by atoms with E-state index in [1.165, 1.54) is 5.56 Å². The van der Waals surface area contributed by atoms with Crippen LogP contribution in [0.3, 0.4) is 0 Å². The normalized spacial score (nSPS) is 29.4. The zero-order chi connectivity index (χ0) is 17.3. The third-order valence-electron chi connectivity index (χ3n) is 5.29. The molecular weight excluding hydrogens is 316 g/mol. The molecule has 1 aromatic carbocycles. The molecule has 0 saturated carbocycles. The fraction of sp³-hybridized carbons (Fsp3) is 0.474. The number of β-amino-alcohol motifs (C(OH)–C–C–N with tert-alkyl or cyclic N) is 1. The Kier molecular flexibility index (Phi) is 4.41. The number of ether oxygens (including phenoxy) is 1. The molecule has 0 unspecified atom stereocenters. The number of hydrogen-bond acceptors (Lipinski definition) is 6. The summed E-state index contributed by atoms with van der Waals surface area (Å²) in [5.74, 6) is 0.971. The molecule has 6 heteroatoms. The van der Waals surface area contributed by atoms with E-state index in [-0.39, 0.29) is 0 Å². The smallest absolute Gasteiger partial charge is 0.222 e. The van der Waals surface area contributed by atoms with Crippen molar-refractivity contribution in [1.82, 2.24) is 14.9 Å². The summed E-state index contributed by atoms with van der Waals surface area (Å²) in [4.78, 5) is 10.8. The van der Waals surface area contributed by atoms with Crippen LogP contribution in [0.4, 0.5) is 5.95 Å². The number of nitrogens with one attached hydrogen (secondary N) is 1. The van der Waals surface area contributed by atoms with Crippen molar-refractivity contribution in [2.45, 2.75) is 30.6 Å². The third kappa shape index (κ3) is 3.25. The summed E-state index contributed by atoms with van der Waals surface area (Å²) in [5.41, 5.74) is 1.78. The Morgan fingerprint density at radius 1 is 1.32 bits per heavy atom. The van der Waals surface area contributed by atoms with Crippen LogP contribution in [0, 0.1) is 0 Å². The lowest BCUT2D eigenvalue weighted by Gasteiger charge is -2.26. The van der Waals surface area contributed by atoms with Crippen molar-refractivity contribution in [1.29, 1.82) is 0 Å². The molecule has 132 valence electrons. The fourth-order valence-electron chi connectivity index (χ4n) is 4.00. The summed E-state index contributed by atoms with van der Waals surface area (Å²) in [6.07, 6.45) is 2.15. The van der Waals surface area contributed by atoms with Crippen LogP contribution in [0.25, 0.3) is 0 Å². The van der Waals surface area contributed by atoms with Gasteiger partial charge in [0.25, 0.3) is 0 Å². The lowest BCUT2D eigenvalue weighted by molar-refractivity contribution is -0.0594. The molecular formula is C19H24N4O2. The van der Waals surface area contributed by atoms with Crippen molar-refractivity contribution in [3.05, 3.63) is 53.9 Å². The number of nitrogens with zero attached hydrogens (tertiary/aromatic N) is 3. The molecule has 2 aliphatic heterocycles. The summed E-state index contributed by atoms with van der Waals surface area (Å²) in [5, 5.41) is 13.6. The van der Waals surface area contributed by atoms with Gasteiger partial charge in [0.1, 0.15) is 5.60 Å². The highest BCUT2D eigenvalue weighted by molar-refractivity contribution is 5.25. The van der Waals surface area contributed by atoms with Gasteiger partial charge in [-0.15, -0.1) is 0 Å². The molecule has 3 atom stereocenters. The van der Waals surface area contributed by atoms with Gasteiger partial charge in [0.15, 0.2) is 0 Å². The minimum absolute atomic E-state index is 0.353. The van der Waals surface area contributed by atoms with Crippen LogP contribution in [0.1, 0.15) is 23.6 Å². The Morgan fingerprint density at radius 2 is 2.16 bits per heavy atom. The molecule has 0 radical (unpaired) electrons. The van der Waals surface area contributed by atoms with Crippen LogP contribution < -0.4 is 5.32 Å². The van der Waals surface area contributed by atoms with Crippen LogP contribution in [-0.4, -0.2) is 58.4 Å². The van der Waals surface area contributed by atoms with Crippen molar-refractivity contribution < 1.29 is 9.84 Å². The van der Waals surface area contributed by atoms with Gasteiger partial charge in [0.05, 0.1) is 18.4 Å². The van der Waals surface area contributed by atoms with Crippen molar-refractivity contribution in [3.8, 4) is 0 Å². The first-order valence-corrected chi connectivity index (χ1v) is 8.77. The number of aliphatic hydroxyl groups is 1. The Labute approximate surface area is 147 Å². The first-order chi connectivity index (χ1) is 12.2. The predicted octanol–water partition coefficient (Wildman–Crippen LogP) is 1.64. The second-order valence-corrected chi connectivity index (χ2v) is 6.99. The average Bonchev–Trinajstić information content (AvgIpc) is 3.20. The molecule has 25 heavy (non-hydrogen) atoms. The lowest BCUT2D eigenvalue weighted by Crippen LogP contribution is -2.41. The fourth-order valence-corrected chi connectivity index (χ4v) is 4.00. The number of anilines is 1. The summed E-state index contributed by atoms with van der Waals surface area (Å²) in [6.45, 7) is 2.71. The van der Waals surface area contributed by atoms with E-state index in [2.05, 4.69) is 44.5 Å².